The first-order valence-electron chi connectivity index (χ1n) is 6.20. The Kier molecular flexibility index (Phi) is 5.16. The molecule has 0 radical (unpaired) electrons. The summed E-state index contributed by atoms with van der Waals surface area (Å²) in [6, 6.07) is 7.03. The summed E-state index contributed by atoms with van der Waals surface area (Å²) < 4.78 is 5.13. The van der Waals surface area contributed by atoms with Crippen molar-refractivity contribution in [2.24, 2.45) is 0 Å². The molecule has 0 aliphatic heterocycles. The lowest BCUT2D eigenvalue weighted by Gasteiger charge is -2.25. The van der Waals surface area contributed by atoms with Crippen molar-refractivity contribution in [3.05, 3.63) is 29.8 Å². The average Bonchev–Trinajstić information content (AvgIpc) is 2.44. The molecule has 0 aliphatic rings. The molecule has 18 heavy (non-hydrogen) atoms. The molecule has 0 unspecified atom stereocenters. The summed E-state index contributed by atoms with van der Waals surface area (Å²) in [4.78, 5) is 12.0. The van der Waals surface area contributed by atoms with Gasteiger partial charge in [0.1, 0.15) is 5.75 Å². The number of aliphatic hydroxyl groups is 1. The summed E-state index contributed by atoms with van der Waals surface area (Å²) in [7, 11) is 1.53. The number of rotatable bonds is 6. The summed E-state index contributed by atoms with van der Waals surface area (Å²) in [5.74, 6) is 0.305. The van der Waals surface area contributed by atoms with Gasteiger partial charge in [-0.3, -0.25) is 4.79 Å². The van der Waals surface area contributed by atoms with Crippen LogP contribution < -0.4 is 10.1 Å². The van der Waals surface area contributed by atoms with Gasteiger partial charge in [-0.2, -0.15) is 0 Å². The normalized spacial score (nSPS) is 11.1. The molecule has 1 rings (SSSR count). The van der Waals surface area contributed by atoms with Crippen LogP contribution in [-0.4, -0.2) is 30.3 Å². The minimum Gasteiger partial charge on any atom is -0.496 e. The summed E-state index contributed by atoms with van der Waals surface area (Å²) in [6.07, 6.45) is 1.21. The second-order valence-electron chi connectivity index (χ2n) is 4.31. The molecule has 0 aromatic heterocycles. The molecule has 0 spiro atoms. The number of ether oxygens (including phenoxy) is 1. The van der Waals surface area contributed by atoms with Crippen molar-refractivity contribution in [2.75, 3.05) is 13.7 Å². The van der Waals surface area contributed by atoms with E-state index in [1.54, 1.807) is 18.2 Å². The van der Waals surface area contributed by atoms with E-state index in [0.29, 0.717) is 24.2 Å². The van der Waals surface area contributed by atoms with Gasteiger partial charge in [-0.25, -0.2) is 0 Å². The molecule has 1 amide bonds. The molecule has 4 heteroatoms. The van der Waals surface area contributed by atoms with Crippen LogP contribution >= 0.6 is 0 Å². The second kappa shape index (κ2) is 6.40. The van der Waals surface area contributed by atoms with Crippen LogP contribution in [0.4, 0.5) is 0 Å². The Balaban J connectivity index is 2.71. The van der Waals surface area contributed by atoms with Crippen molar-refractivity contribution in [2.45, 2.75) is 32.3 Å². The molecule has 1 aromatic carbocycles. The van der Waals surface area contributed by atoms with Crippen LogP contribution in [0.25, 0.3) is 0 Å². The lowest BCUT2D eigenvalue weighted by Crippen LogP contribution is -2.42. The Morgan fingerprint density at radius 1 is 1.33 bits per heavy atom. The van der Waals surface area contributed by atoms with Crippen molar-refractivity contribution in [3.63, 3.8) is 0 Å². The third-order valence-corrected chi connectivity index (χ3v) is 3.25. The van der Waals surface area contributed by atoms with Crippen LogP contribution in [0.3, 0.4) is 0 Å². The Morgan fingerprint density at radius 3 is 2.50 bits per heavy atom. The fourth-order valence-corrected chi connectivity index (χ4v) is 1.67. The first kappa shape index (κ1) is 14.5. The summed E-state index contributed by atoms with van der Waals surface area (Å²) in [5, 5.41) is 12.9. The monoisotopic (exact) mass is 251 g/mol. The van der Waals surface area contributed by atoms with E-state index < -0.39 is 5.60 Å². The third kappa shape index (κ3) is 3.47. The second-order valence-corrected chi connectivity index (χ2v) is 4.31. The van der Waals surface area contributed by atoms with Crippen molar-refractivity contribution in [1.29, 1.82) is 0 Å². The molecule has 0 saturated heterocycles. The zero-order valence-corrected chi connectivity index (χ0v) is 11.2. The molecule has 1 aromatic rings. The van der Waals surface area contributed by atoms with E-state index in [-0.39, 0.29) is 12.5 Å². The van der Waals surface area contributed by atoms with Crippen LogP contribution in [0.15, 0.2) is 24.3 Å². The molecule has 0 saturated carbocycles. The van der Waals surface area contributed by atoms with Gasteiger partial charge < -0.3 is 15.2 Å². The summed E-state index contributed by atoms with van der Waals surface area (Å²) in [5.41, 5.74) is -0.355. The van der Waals surface area contributed by atoms with Crippen molar-refractivity contribution < 1.29 is 14.6 Å². The van der Waals surface area contributed by atoms with Gasteiger partial charge in [0.05, 0.1) is 18.3 Å². The van der Waals surface area contributed by atoms with Gasteiger partial charge in [-0.05, 0) is 25.0 Å². The van der Waals surface area contributed by atoms with Crippen LogP contribution in [0.2, 0.25) is 0 Å². The smallest absolute Gasteiger partial charge is 0.255 e. The minimum absolute atomic E-state index is 0.229. The van der Waals surface area contributed by atoms with Gasteiger partial charge >= 0.3 is 0 Å². The average molecular weight is 251 g/mol. The zero-order chi connectivity index (χ0) is 13.6. The predicted molar refractivity (Wildman–Crippen MR) is 70.9 cm³/mol. The van der Waals surface area contributed by atoms with Crippen molar-refractivity contribution in [1.82, 2.24) is 5.32 Å². The summed E-state index contributed by atoms with van der Waals surface area (Å²) >= 11 is 0. The quantitative estimate of drug-likeness (QED) is 0.812. The Morgan fingerprint density at radius 2 is 1.94 bits per heavy atom. The van der Waals surface area contributed by atoms with E-state index in [9.17, 15) is 9.90 Å². The number of para-hydroxylation sites is 1. The number of methoxy groups -OCH3 is 1. The number of hydrogen-bond acceptors (Lipinski definition) is 3. The van der Waals surface area contributed by atoms with Crippen molar-refractivity contribution in [3.8, 4) is 5.75 Å². The van der Waals surface area contributed by atoms with Gasteiger partial charge in [-0.15, -0.1) is 0 Å². The highest BCUT2D eigenvalue weighted by molar-refractivity contribution is 5.96. The number of nitrogens with one attached hydrogen (secondary N) is 1. The van der Waals surface area contributed by atoms with Gasteiger partial charge in [0, 0.05) is 6.54 Å². The summed E-state index contributed by atoms with van der Waals surface area (Å²) in [6.45, 7) is 4.05. The molecule has 0 heterocycles. The lowest BCUT2D eigenvalue weighted by atomic mass is 9.97. The Labute approximate surface area is 108 Å². The molecule has 0 atom stereocenters. The third-order valence-electron chi connectivity index (χ3n) is 3.25. The maximum atomic E-state index is 12.0. The molecule has 2 N–H and O–H groups in total. The van der Waals surface area contributed by atoms with E-state index in [2.05, 4.69) is 5.32 Å². The van der Waals surface area contributed by atoms with E-state index >= 15 is 0 Å². The standard InChI is InChI=1S/C14H21NO3/c1-4-14(17,5-2)10-15-13(16)11-8-6-7-9-12(11)18-3/h6-9,17H,4-5,10H2,1-3H3,(H,15,16). The van der Waals surface area contributed by atoms with Crippen LogP contribution in [0.1, 0.15) is 37.0 Å². The number of hydrogen-bond donors (Lipinski definition) is 2. The SMILES string of the molecule is CCC(O)(CC)CNC(=O)c1ccccc1OC. The molecule has 0 aliphatic carbocycles. The number of benzene rings is 1. The number of amides is 1. The Hall–Kier alpha value is -1.55. The van der Waals surface area contributed by atoms with Gasteiger partial charge in [0.2, 0.25) is 0 Å². The molecule has 100 valence electrons. The fourth-order valence-electron chi connectivity index (χ4n) is 1.67. The van der Waals surface area contributed by atoms with Gasteiger partial charge in [0.25, 0.3) is 5.91 Å². The first-order valence-corrected chi connectivity index (χ1v) is 6.20. The molecule has 0 fully saturated rings. The van der Waals surface area contributed by atoms with E-state index in [0.717, 1.165) is 0 Å². The molecular formula is C14H21NO3. The maximum Gasteiger partial charge on any atom is 0.255 e. The lowest BCUT2D eigenvalue weighted by molar-refractivity contribution is 0.0313. The van der Waals surface area contributed by atoms with Crippen LogP contribution in [-0.2, 0) is 0 Å². The molecule has 0 bridgehead atoms. The topological polar surface area (TPSA) is 58.6 Å². The van der Waals surface area contributed by atoms with Crippen LogP contribution in [0.5, 0.6) is 5.75 Å². The first-order chi connectivity index (χ1) is 8.56. The van der Waals surface area contributed by atoms with E-state index in [1.807, 2.05) is 19.9 Å². The van der Waals surface area contributed by atoms with Gasteiger partial charge in [-0.1, -0.05) is 26.0 Å². The fraction of sp³-hybridized carbons (Fsp3) is 0.500. The number of carbonyl (C=O) groups excluding carboxylic acids is 1. The zero-order valence-electron chi connectivity index (χ0n) is 11.2. The number of carbonyl (C=O) groups is 1. The highest BCUT2D eigenvalue weighted by Gasteiger charge is 2.23. The minimum atomic E-state index is -0.836. The molecule has 4 nitrogen and oxygen atoms in total. The van der Waals surface area contributed by atoms with E-state index in [1.165, 1.54) is 7.11 Å². The predicted octanol–water partition coefficient (Wildman–Crippen LogP) is 1.98. The van der Waals surface area contributed by atoms with Crippen LogP contribution in [0, 0.1) is 0 Å². The van der Waals surface area contributed by atoms with Crippen molar-refractivity contribution >= 4 is 5.91 Å². The van der Waals surface area contributed by atoms with Gasteiger partial charge in [0.15, 0.2) is 0 Å². The highest BCUT2D eigenvalue weighted by Crippen LogP contribution is 2.18. The Bertz CT molecular complexity index is 400. The largest absolute Gasteiger partial charge is 0.496 e. The van der Waals surface area contributed by atoms with E-state index in [4.69, 9.17) is 4.74 Å². The highest BCUT2D eigenvalue weighted by atomic mass is 16.5. The maximum absolute atomic E-state index is 12.0. The molecular weight excluding hydrogens is 230 g/mol.